The molecule has 0 aliphatic carbocycles. The molecule has 1 aromatic rings. The fourth-order valence-electron chi connectivity index (χ4n) is 1.96. The van der Waals surface area contributed by atoms with Crippen molar-refractivity contribution in [2.75, 3.05) is 13.1 Å². The molecule has 3 N–H and O–H groups in total. The number of carbonyl (C=O) groups excluding carboxylic acids is 1. The molecule has 2 heterocycles. The molecule has 0 spiro atoms. The molecule has 1 fully saturated rings. The van der Waals surface area contributed by atoms with Crippen molar-refractivity contribution in [2.24, 2.45) is 0 Å². The molecule has 8 nitrogen and oxygen atoms in total. The molecule has 1 saturated heterocycles. The molecule has 1 aromatic heterocycles. The maximum absolute atomic E-state index is 11.8. The minimum Gasteiger partial charge on any atom is -0.480 e. The van der Waals surface area contributed by atoms with E-state index in [2.05, 4.69) is 20.9 Å². The lowest BCUT2D eigenvalue weighted by molar-refractivity contribution is -0.138. The number of amides is 1. The highest BCUT2D eigenvalue weighted by Gasteiger charge is 2.20. The molecule has 104 valence electrons. The highest BCUT2D eigenvalue weighted by molar-refractivity contribution is 5.94. The second kappa shape index (κ2) is 5.79. The van der Waals surface area contributed by atoms with Crippen molar-refractivity contribution in [3.8, 4) is 0 Å². The second-order valence-corrected chi connectivity index (χ2v) is 4.60. The normalized spacial score (nSPS) is 17.9. The lowest BCUT2D eigenvalue weighted by Crippen LogP contribution is -2.38. The third-order valence-corrected chi connectivity index (χ3v) is 3.14. The number of hydrogen-bond donors (Lipinski definition) is 3. The van der Waals surface area contributed by atoms with E-state index in [1.807, 2.05) is 0 Å². The number of hydrogen-bond acceptors (Lipinski definition) is 5. The maximum atomic E-state index is 11.8. The summed E-state index contributed by atoms with van der Waals surface area (Å²) in [6.07, 6.45) is 3.45. The molecule has 8 heteroatoms. The Labute approximate surface area is 110 Å². The first-order valence-corrected chi connectivity index (χ1v) is 6.24. The van der Waals surface area contributed by atoms with Crippen molar-refractivity contribution in [3.63, 3.8) is 0 Å². The number of carboxylic acids is 1. The first kappa shape index (κ1) is 13.5. The number of aromatic nitrogens is 3. The minimum absolute atomic E-state index is 0.145. The van der Waals surface area contributed by atoms with Crippen LogP contribution in [0.3, 0.4) is 0 Å². The number of rotatable bonds is 4. The van der Waals surface area contributed by atoms with Gasteiger partial charge in [-0.25, -0.2) is 4.68 Å². The summed E-state index contributed by atoms with van der Waals surface area (Å²) in [5.74, 6) is -1.60. The number of piperidine rings is 1. The van der Waals surface area contributed by atoms with E-state index in [4.69, 9.17) is 5.11 Å². The zero-order valence-electron chi connectivity index (χ0n) is 10.7. The van der Waals surface area contributed by atoms with Crippen LogP contribution in [-0.2, 0) is 4.79 Å². The van der Waals surface area contributed by atoms with Crippen LogP contribution in [0.25, 0.3) is 0 Å². The third kappa shape index (κ3) is 3.28. The van der Waals surface area contributed by atoms with Gasteiger partial charge in [0.2, 0.25) is 0 Å². The number of carboxylic acid groups (broad SMARTS) is 1. The minimum atomic E-state index is -1.08. The van der Waals surface area contributed by atoms with Crippen LogP contribution in [0.15, 0.2) is 6.20 Å². The van der Waals surface area contributed by atoms with Gasteiger partial charge in [-0.1, -0.05) is 5.21 Å². The van der Waals surface area contributed by atoms with E-state index >= 15 is 0 Å². The predicted molar refractivity (Wildman–Crippen MR) is 65.7 cm³/mol. The summed E-state index contributed by atoms with van der Waals surface area (Å²) in [7, 11) is 0. The lowest BCUT2D eigenvalue weighted by Gasteiger charge is -2.22. The van der Waals surface area contributed by atoms with Gasteiger partial charge in [0.25, 0.3) is 5.91 Å². The fraction of sp³-hybridized carbons (Fsp3) is 0.636. The van der Waals surface area contributed by atoms with E-state index in [9.17, 15) is 9.59 Å². The van der Waals surface area contributed by atoms with Crippen LogP contribution < -0.4 is 10.6 Å². The third-order valence-electron chi connectivity index (χ3n) is 3.14. The largest absolute Gasteiger partial charge is 0.480 e. The van der Waals surface area contributed by atoms with E-state index < -0.39 is 17.9 Å². The Morgan fingerprint density at radius 1 is 1.53 bits per heavy atom. The summed E-state index contributed by atoms with van der Waals surface area (Å²) in [4.78, 5) is 22.4. The summed E-state index contributed by atoms with van der Waals surface area (Å²) >= 11 is 0. The standard InChI is InChI=1S/C11H17N5O3/c1-7(11(18)19)13-10(17)9-6-16(15-14-9)8-2-4-12-5-3-8/h6-8,12H,2-5H2,1H3,(H,13,17)(H,18,19)/t7-/m0/s1. The Morgan fingerprint density at radius 2 is 2.21 bits per heavy atom. The van der Waals surface area contributed by atoms with E-state index in [0.29, 0.717) is 0 Å². The van der Waals surface area contributed by atoms with Gasteiger partial charge in [-0.3, -0.25) is 9.59 Å². The smallest absolute Gasteiger partial charge is 0.325 e. The van der Waals surface area contributed by atoms with Crippen LogP contribution in [-0.4, -0.2) is 51.1 Å². The first-order valence-electron chi connectivity index (χ1n) is 6.24. The van der Waals surface area contributed by atoms with Crippen LogP contribution in [0.4, 0.5) is 0 Å². The second-order valence-electron chi connectivity index (χ2n) is 4.60. The highest BCUT2D eigenvalue weighted by Crippen LogP contribution is 2.16. The Bertz CT molecular complexity index is 467. The van der Waals surface area contributed by atoms with Crippen molar-refractivity contribution in [2.45, 2.75) is 31.8 Å². The first-order chi connectivity index (χ1) is 9.08. The zero-order chi connectivity index (χ0) is 13.8. The fourth-order valence-corrected chi connectivity index (χ4v) is 1.96. The molecule has 2 rings (SSSR count). The molecule has 19 heavy (non-hydrogen) atoms. The molecule has 1 aliphatic heterocycles. The Morgan fingerprint density at radius 3 is 2.84 bits per heavy atom. The van der Waals surface area contributed by atoms with Crippen molar-refractivity contribution >= 4 is 11.9 Å². The number of nitrogens with zero attached hydrogens (tertiary/aromatic N) is 3. The average Bonchev–Trinajstić information content (AvgIpc) is 2.89. The van der Waals surface area contributed by atoms with Gasteiger partial charge in [-0.2, -0.15) is 0 Å². The van der Waals surface area contributed by atoms with E-state index in [0.717, 1.165) is 25.9 Å². The van der Waals surface area contributed by atoms with Crippen LogP contribution >= 0.6 is 0 Å². The van der Waals surface area contributed by atoms with E-state index in [1.54, 1.807) is 10.9 Å². The number of nitrogens with one attached hydrogen (secondary N) is 2. The monoisotopic (exact) mass is 267 g/mol. The molecular weight excluding hydrogens is 250 g/mol. The van der Waals surface area contributed by atoms with Crippen LogP contribution in [0.1, 0.15) is 36.3 Å². The number of carbonyl (C=O) groups is 2. The van der Waals surface area contributed by atoms with Crippen molar-refractivity contribution in [3.05, 3.63) is 11.9 Å². The average molecular weight is 267 g/mol. The topological polar surface area (TPSA) is 109 Å². The van der Waals surface area contributed by atoms with Crippen molar-refractivity contribution in [1.82, 2.24) is 25.6 Å². The maximum Gasteiger partial charge on any atom is 0.325 e. The lowest BCUT2D eigenvalue weighted by atomic mass is 10.1. The van der Waals surface area contributed by atoms with Crippen LogP contribution in [0.5, 0.6) is 0 Å². The summed E-state index contributed by atoms with van der Waals surface area (Å²) in [5, 5.41) is 22.1. The molecule has 0 bridgehead atoms. The van der Waals surface area contributed by atoms with E-state index in [-0.39, 0.29) is 11.7 Å². The summed E-state index contributed by atoms with van der Waals surface area (Å²) in [6.45, 7) is 3.24. The van der Waals surface area contributed by atoms with Crippen LogP contribution in [0, 0.1) is 0 Å². The van der Waals surface area contributed by atoms with Gasteiger partial charge in [0.1, 0.15) is 6.04 Å². The van der Waals surface area contributed by atoms with Gasteiger partial charge in [0, 0.05) is 0 Å². The van der Waals surface area contributed by atoms with Crippen molar-refractivity contribution < 1.29 is 14.7 Å². The van der Waals surface area contributed by atoms with Gasteiger partial charge >= 0.3 is 5.97 Å². The highest BCUT2D eigenvalue weighted by atomic mass is 16.4. The molecule has 1 atom stereocenters. The van der Waals surface area contributed by atoms with Gasteiger partial charge in [0.15, 0.2) is 5.69 Å². The molecule has 1 aliphatic rings. The Balaban J connectivity index is 1.99. The summed E-state index contributed by atoms with van der Waals surface area (Å²) in [6, 6.07) is -0.705. The molecular formula is C11H17N5O3. The van der Waals surface area contributed by atoms with Gasteiger partial charge in [-0.05, 0) is 32.9 Å². The van der Waals surface area contributed by atoms with Crippen LogP contribution in [0.2, 0.25) is 0 Å². The molecule has 0 saturated carbocycles. The molecule has 0 radical (unpaired) electrons. The Kier molecular flexibility index (Phi) is 4.10. The Hall–Kier alpha value is -1.96. The summed E-state index contributed by atoms with van der Waals surface area (Å²) in [5.41, 5.74) is 0.145. The molecule has 1 amide bonds. The SMILES string of the molecule is C[C@H](NC(=O)c1cn(C2CCNCC2)nn1)C(=O)O. The van der Waals surface area contributed by atoms with Gasteiger partial charge in [-0.15, -0.1) is 5.10 Å². The van der Waals surface area contributed by atoms with Crippen molar-refractivity contribution in [1.29, 1.82) is 0 Å². The van der Waals surface area contributed by atoms with Gasteiger partial charge < -0.3 is 15.7 Å². The zero-order valence-corrected chi connectivity index (χ0v) is 10.7. The molecule has 0 unspecified atom stereocenters. The number of aliphatic carboxylic acids is 1. The van der Waals surface area contributed by atoms with E-state index in [1.165, 1.54) is 6.92 Å². The predicted octanol–water partition coefficient (Wildman–Crippen LogP) is -0.594. The van der Waals surface area contributed by atoms with Gasteiger partial charge in [0.05, 0.1) is 12.2 Å². The summed E-state index contributed by atoms with van der Waals surface area (Å²) < 4.78 is 1.68. The molecule has 0 aromatic carbocycles. The quantitative estimate of drug-likeness (QED) is 0.672.